The first-order valence-electron chi connectivity index (χ1n) is 14.2. The number of methoxy groups -OCH3 is 1. The van der Waals surface area contributed by atoms with Crippen LogP contribution in [0.15, 0.2) is 41.8 Å². The number of amides is 2. The monoisotopic (exact) mass is 531 g/mol. The van der Waals surface area contributed by atoms with Crippen molar-refractivity contribution in [2.75, 3.05) is 26.7 Å². The molecule has 0 N–H and O–H groups in total. The highest BCUT2D eigenvalue weighted by molar-refractivity contribution is 7.16. The Balaban J connectivity index is 1.11. The van der Waals surface area contributed by atoms with Crippen LogP contribution in [0.4, 0.5) is 0 Å². The molecule has 2 aromatic heterocycles. The molecule has 3 heterocycles. The zero-order valence-electron chi connectivity index (χ0n) is 22.4. The molecule has 3 aromatic rings. The molecular formula is C31H37N3O3S. The molecule has 0 unspecified atom stereocenters. The van der Waals surface area contributed by atoms with E-state index in [0.29, 0.717) is 37.8 Å². The average molecular weight is 532 g/mol. The van der Waals surface area contributed by atoms with Crippen molar-refractivity contribution in [3.8, 4) is 5.75 Å². The van der Waals surface area contributed by atoms with Gasteiger partial charge >= 0.3 is 0 Å². The summed E-state index contributed by atoms with van der Waals surface area (Å²) in [5.74, 6) is 3.54. The van der Waals surface area contributed by atoms with Crippen LogP contribution in [0.5, 0.6) is 5.75 Å². The number of carbonyl (C=O) groups excluding carboxylic acids is 2. The van der Waals surface area contributed by atoms with Gasteiger partial charge in [0.2, 0.25) is 5.91 Å². The average Bonchev–Trinajstić information content (AvgIpc) is 3.50. The lowest BCUT2D eigenvalue weighted by Gasteiger charge is -2.57. The number of nitrogens with zero attached hydrogens (tertiary/aromatic N) is 3. The van der Waals surface area contributed by atoms with Gasteiger partial charge in [-0.2, -0.15) is 0 Å². The second-order valence-electron chi connectivity index (χ2n) is 12.4. The normalized spacial score (nSPS) is 30.3. The summed E-state index contributed by atoms with van der Waals surface area (Å²) in [4.78, 5) is 33.2. The van der Waals surface area contributed by atoms with Gasteiger partial charge < -0.3 is 19.1 Å². The first-order valence-corrected chi connectivity index (χ1v) is 15.1. The summed E-state index contributed by atoms with van der Waals surface area (Å²) >= 11 is 1.66. The lowest BCUT2D eigenvalue weighted by Crippen LogP contribution is -2.61. The first kappa shape index (κ1) is 24.3. The quantitative estimate of drug-likeness (QED) is 0.428. The minimum absolute atomic E-state index is 0.0342. The molecule has 7 heteroatoms. The van der Waals surface area contributed by atoms with Crippen molar-refractivity contribution in [3.63, 3.8) is 0 Å². The van der Waals surface area contributed by atoms with E-state index in [1.54, 1.807) is 18.4 Å². The van der Waals surface area contributed by atoms with Crippen LogP contribution in [0.3, 0.4) is 0 Å². The van der Waals surface area contributed by atoms with Gasteiger partial charge in [-0.25, -0.2) is 0 Å². The standard InChI is InChI=1S/C31H37N3O3S/c1-20-18-32(8-9-33(20)30(36)31-15-21-11-22(16-31)13-23(12-21)17-31)28(35)26-14-24-7-10-38-29(24)34(26)19-25-5-3-4-6-27(25)37-2/h3-7,10,14,20-23H,8-9,11-13,15-19H2,1-2H3/t20-,21?,22?,23?,31?/m1/s1. The molecule has 1 atom stereocenters. The number of fused-ring (bicyclic) bond motifs is 1. The second kappa shape index (κ2) is 9.15. The van der Waals surface area contributed by atoms with Gasteiger partial charge in [-0.15, -0.1) is 11.3 Å². The van der Waals surface area contributed by atoms with E-state index in [9.17, 15) is 9.59 Å². The van der Waals surface area contributed by atoms with Gasteiger partial charge in [0, 0.05) is 36.6 Å². The number of ether oxygens (including phenoxy) is 1. The molecule has 4 saturated carbocycles. The molecule has 1 aromatic carbocycles. The van der Waals surface area contributed by atoms with Crippen molar-refractivity contribution in [3.05, 3.63) is 53.0 Å². The summed E-state index contributed by atoms with van der Waals surface area (Å²) < 4.78 is 7.73. The summed E-state index contributed by atoms with van der Waals surface area (Å²) in [5, 5.41) is 3.17. The Morgan fingerprint density at radius 3 is 2.42 bits per heavy atom. The zero-order chi connectivity index (χ0) is 26.0. The largest absolute Gasteiger partial charge is 0.496 e. The smallest absolute Gasteiger partial charge is 0.270 e. The van der Waals surface area contributed by atoms with Gasteiger partial charge in [0.1, 0.15) is 16.3 Å². The van der Waals surface area contributed by atoms with Crippen LogP contribution in [0.1, 0.15) is 61.5 Å². The maximum atomic E-state index is 14.0. The Labute approximate surface area is 228 Å². The molecule has 6 nitrogen and oxygen atoms in total. The van der Waals surface area contributed by atoms with Crippen LogP contribution in [-0.4, -0.2) is 59.0 Å². The third kappa shape index (κ3) is 3.88. The molecule has 0 radical (unpaired) electrons. The van der Waals surface area contributed by atoms with Crippen molar-refractivity contribution in [2.24, 2.45) is 23.2 Å². The van der Waals surface area contributed by atoms with E-state index in [-0.39, 0.29) is 17.4 Å². The Morgan fingerprint density at radius 2 is 1.74 bits per heavy atom. The van der Waals surface area contributed by atoms with Crippen molar-refractivity contribution >= 4 is 33.4 Å². The predicted octanol–water partition coefficient (Wildman–Crippen LogP) is 5.65. The van der Waals surface area contributed by atoms with Crippen LogP contribution in [0.2, 0.25) is 0 Å². The Morgan fingerprint density at radius 1 is 1.03 bits per heavy atom. The fraction of sp³-hybridized carbons (Fsp3) is 0.548. The molecule has 5 fully saturated rings. The highest BCUT2D eigenvalue weighted by Crippen LogP contribution is 2.60. The third-order valence-corrected chi connectivity index (χ3v) is 10.9. The highest BCUT2D eigenvalue weighted by Gasteiger charge is 2.56. The number of para-hydroxylation sites is 1. The molecule has 4 aliphatic carbocycles. The summed E-state index contributed by atoms with van der Waals surface area (Å²) in [5.41, 5.74) is 1.64. The number of benzene rings is 1. The fourth-order valence-corrected chi connectivity index (χ4v) is 9.49. The Bertz CT molecular complexity index is 1350. The molecule has 1 saturated heterocycles. The molecule has 4 bridgehead atoms. The minimum Gasteiger partial charge on any atom is -0.496 e. The number of piperazine rings is 1. The van der Waals surface area contributed by atoms with Crippen molar-refractivity contribution in [1.82, 2.24) is 14.4 Å². The van der Waals surface area contributed by atoms with Crippen LogP contribution in [0, 0.1) is 23.2 Å². The predicted molar refractivity (Wildman–Crippen MR) is 150 cm³/mol. The maximum Gasteiger partial charge on any atom is 0.270 e. The van der Waals surface area contributed by atoms with Crippen LogP contribution >= 0.6 is 11.3 Å². The summed E-state index contributed by atoms with van der Waals surface area (Å²) in [6.07, 6.45) is 7.31. The third-order valence-electron chi connectivity index (χ3n) is 9.91. The van der Waals surface area contributed by atoms with E-state index in [1.807, 2.05) is 29.2 Å². The van der Waals surface area contributed by atoms with Gasteiger partial charge in [0.15, 0.2) is 0 Å². The minimum atomic E-state index is -0.122. The molecule has 1 aliphatic heterocycles. The second-order valence-corrected chi connectivity index (χ2v) is 13.3. The number of hydrogen-bond donors (Lipinski definition) is 0. The number of carbonyl (C=O) groups is 2. The van der Waals surface area contributed by atoms with E-state index in [0.717, 1.165) is 58.5 Å². The van der Waals surface area contributed by atoms with Crippen molar-refractivity contribution < 1.29 is 14.3 Å². The van der Waals surface area contributed by atoms with Crippen molar-refractivity contribution in [1.29, 1.82) is 0 Å². The van der Waals surface area contributed by atoms with E-state index in [1.165, 1.54) is 19.3 Å². The molecular weight excluding hydrogens is 494 g/mol. The molecule has 38 heavy (non-hydrogen) atoms. The van der Waals surface area contributed by atoms with E-state index < -0.39 is 0 Å². The van der Waals surface area contributed by atoms with Crippen LogP contribution in [0.25, 0.3) is 10.2 Å². The van der Waals surface area contributed by atoms with Gasteiger partial charge in [-0.3, -0.25) is 9.59 Å². The SMILES string of the molecule is COc1ccccc1Cn1c(C(=O)N2CCN(C(=O)C34CC5CC(CC(C5)C3)C4)[C@H](C)C2)cc2ccsc21. The molecule has 8 rings (SSSR count). The lowest BCUT2D eigenvalue weighted by molar-refractivity contribution is -0.161. The number of rotatable bonds is 5. The van der Waals surface area contributed by atoms with E-state index in [4.69, 9.17) is 4.74 Å². The van der Waals surface area contributed by atoms with E-state index in [2.05, 4.69) is 33.9 Å². The van der Waals surface area contributed by atoms with Crippen LogP contribution in [-0.2, 0) is 11.3 Å². The summed E-state index contributed by atoms with van der Waals surface area (Å²) in [6, 6.07) is 12.2. The Hall–Kier alpha value is -2.80. The van der Waals surface area contributed by atoms with Gasteiger partial charge in [0.25, 0.3) is 5.91 Å². The van der Waals surface area contributed by atoms with Gasteiger partial charge in [-0.05, 0) is 86.8 Å². The van der Waals surface area contributed by atoms with Gasteiger partial charge in [0.05, 0.1) is 19.1 Å². The molecule has 0 spiro atoms. The summed E-state index contributed by atoms with van der Waals surface area (Å²) in [7, 11) is 1.69. The van der Waals surface area contributed by atoms with Crippen LogP contribution < -0.4 is 4.74 Å². The fourth-order valence-electron chi connectivity index (χ4n) is 8.60. The highest BCUT2D eigenvalue weighted by atomic mass is 32.1. The van der Waals surface area contributed by atoms with Crippen molar-refractivity contribution in [2.45, 2.75) is 58.0 Å². The molecule has 200 valence electrons. The molecule has 5 aliphatic rings. The first-order chi connectivity index (χ1) is 18.4. The lowest BCUT2D eigenvalue weighted by atomic mass is 9.49. The topological polar surface area (TPSA) is 54.8 Å². The maximum absolute atomic E-state index is 14.0. The number of hydrogen-bond acceptors (Lipinski definition) is 4. The number of aromatic nitrogens is 1. The summed E-state index contributed by atoms with van der Waals surface area (Å²) in [6.45, 7) is 4.52. The van der Waals surface area contributed by atoms with Gasteiger partial charge in [-0.1, -0.05) is 18.2 Å². The Kier molecular flexibility index (Phi) is 5.84. The van der Waals surface area contributed by atoms with E-state index >= 15 is 0 Å². The zero-order valence-corrected chi connectivity index (χ0v) is 23.2. The molecule has 2 amide bonds. The number of thiophene rings is 1.